The molecular weight excluding hydrogens is 226 g/mol. The van der Waals surface area contributed by atoms with Gasteiger partial charge in [-0.3, -0.25) is 0 Å². The molecule has 64 valence electrons. The van der Waals surface area contributed by atoms with E-state index in [-0.39, 0.29) is 88.7 Å². The van der Waals surface area contributed by atoms with Gasteiger partial charge in [0, 0.05) is 0 Å². The molecule has 0 saturated heterocycles. The Morgan fingerprint density at radius 2 is 1.38 bits per heavy atom. The molecular formula is C4H11NNa3O4P. The molecule has 0 radical (unpaired) electrons. The first-order valence-electron chi connectivity index (χ1n) is 2.85. The smallest absolute Gasteiger partial charge is 0.822 e. The van der Waals surface area contributed by atoms with Crippen LogP contribution in [0.4, 0.5) is 0 Å². The van der Waals surface area contributed by atoms with E-state index in [0.717, 1.165) is 6.54 Å². The van der Waals surface area contributed by atoms with Gasteiger partial charge in [0.15, 0.2) is 0 Å². The first-order chi connectivity index (χ1) is 4.41. The third kappa shape index (κ3) is 100. The molecule has 0 aromatic heterocycles. The van der Waals surface area contributed by atoms with Crippen LogP contribution in [0.5, 0.6) is 0 Å². The average molecular weight is 237 g/mol. The van der Waals surface area contributed by atoms with E-state index >= 15 is 0 Å². The van der Waals surface area contributed by atoms with E-state index in [2.05, 4.69) is 6.92 Å². The van der Waals surface area contributed by atoms with Crippen LogP contribution in [0.2, 0.25) is 0 Å². The summed E-state index contributed by atoms with van der Waals surface area (Å²) in [7, 11) is -5.39. The van der Waals surface area contributed by atoms with Crippen LogP contribution in [0.25, 0.3) is 0 Å². The molecule has 0 saturated carbocycles. The first kappa shape index (κ1) is 29.8. The normalized spacial score (nSPS) is 7.77. The fourth-order valence-electron chi connectivity index (χ4n) is 0.204. The Morgan fingerprint density at radius 1 is 1.15 bits per heavy atom. The second kappa shape index (κ2) is 20.5. The van der Waals surface area contributed by atoms with Gasteiger partial charge in [-0.15, -0.1) is 0 Å². The van der Waals surface area contributed by atoms with E-state index in [1.807, 2.05) is 0 Å². The number of unbranched alkanes of at least 4 members (excludes halogenated alkanes) is 1. The molecule has 0 aromatic carbocycles. The minimum absolute atomic E-state index is 0. The maximum atomic E-state index is 8.55. The van der Waals surface area contributed by atoms with Crippen molar-refractivity contribution in [2.75, 3.05) is 6.54 Å². The van der Waals surface area contributed by atoms with Crippen molar-refractivity contribution >= 4 is 7.82 Å². The predicted octanol–water partition coefficient (Wildman–Crippen LogP) is -11.1. The Kier molecular flexibility index (Phi) is 46.9. The van der Waals surface area contributed by atoms with Crippen molar-refractivity contribution in [3.8, 4) is 0 Å². The Labute approximate surface area is 145 Å². The zero-order chi connectivity index (χ0) is 8.62. The molecule has 0 bridgehead atoms. The van der Waals surface area contributed by atoms with Crippen molar-refractivity contribution in [2.24, 2.45) is 5.73 Å². The number of phosphoric acid groups is 1. The summed E-state index contributed by atoms with van der Waals surface area (Å²) in [6.45, 7) is 2.98. The summed E-state index contributed by atoms with van der Waals surface area (Å²) in [4.78, 5) is 25.6. The molecule has 0 amide bonds. The molecule has 0 aromatic rings. The van der Waals surface area contributed by atoms with Gasteiger partial charge < -0.3 is 25.0 Å². The first-order valence-corrected chi connectivity index (χ1v) is 4.31. The summed E-state index contributed by atoms with van der Waals surface area (Å²) >= 11 is 0. The van der Waals surface area contributed by atoms with Crippen molar-refractivity contribution in [1.29, 1.82) is 0 Å². The number of hydrogen-bond donors (Lipinski definition) is 1. The van der Waals surface area contributed by atoms with Crippen LogP contribution in [0.15, 0.2) is 0 Å². The van der Waals surface area contributed by atoms with Crippen molar-refractivity contribution < 1.29 is 108 Å². The van der Waals surface area contributed by atoms with Gasteiger partial charge in [-0.25, -0.2) is 0 Å². The molecule has 0 fully saturated rings. The van der Waals surface area contributed by atoms with Crippen molar-refractivity contribution in [3.05, 3.63) is 0 Å². The molecule has 0 unspecified atom stereocenters. The quantitative estimate of drug-likeness (QED) is 0.378. The average Bonchev–Trinajstić information content (AvgIpc) is 1.63. The molecule has 5 nitrogen and oxygen atoms in total. The van der Waals surface area contributed by atoms with Crippen LogP contribution in [-0.2, 0) is 4.57 Å². The van der Waals surface area contributed by atoms with E-state index in [9.17, 15) is 0 Å². The molecule has 0 aliphatic carbocycles. The molecule has 0 spiro atoms. The summed E-state index contributed by atoms with van der Waals surface area (Å²) in [6.07, 6.45) is 2.39. The fourth-order valence-corrected chi connectivity index (χ4v) is 0.204. The van der Waals surface area contributed by atoms with Crippen molar-refractivity contribution in [2.45, 2.75) is 19.8 Å². The maximum Gasteiger partial charge on any atom is 1.00 e. The molecule has 13 heavy (non-hydrogen) atoms. The second-order valence-electron chi connectivity index (χ2n) is 1.59. The standard InChI is InChI=1S/C4H11N.3Na.H3O4P/c1-2-3-4-5;;;;1-5(2,3)4/h2-5H2,1H3;;;;(H3,1,2,3,4)/q;3*+1;/p-3. The van der Waals surface area contributed by atoms with Crippen LogP contribution in [0.1, 0.15) is 19.8 Å². The van der Waals surface area contributed by atoms with Crippen LogP contribution in [-0.4, -0.2) is 6.54 Å². The number of rotatable bonds is 2. The molecule has 0 heterocycles. The Bertz CT molecular complexity index is 101. The summed E-state index contributed by atoms with van der Waals surface area (Å²) in [5.41, 5.74) is 5.14. The zero-order valence-electron chi connectivity index (χ0n) is 8.78. The van der Waals surface area contributed by atoms with E-state index in [0.29, 0.717) is 0 Å². The summed E-state index contributed by atoms with van der Waals surface area (Å²) in [6, 6.07) is 0. The third-order valence-electron chi connectivity index (χ3n) is 0.558. The Morgan fingerprint density at radius 3 is 1.38 bits per heavy atom. The zero-order valence-corrected chi connectivity index (χ0v) is 15.7. The maximum absolute atomic E-state index is 8.55. The van der Waals surface area contributed by atoms with Crippen LogP contribution < -0.4 is 109 Å². The van der Waals surface area contributed by atoms with E-state index in [1.54, 1.807) is 0 Å². The molecule has 0 aliphatic rings. The largest absolute Gasteiger partial charge is 1.00 e. The van der Waals surface area contributed by atoms with Gasteiger partial charge in [0.05, 0.1) is 0 Å². The van der Waals surface area contributed by atoms with E-state index in [1.165, 1.54) is 12.8 Å². The van der Waals surface area contributed by atoms with Crippen molar-refractivity contribution in [3.63, 3.8) is 0 Å². The SMILES string of the molecule is CCCCN.O=P([O-])([O-])[O-].[Na+].[Na+].[Na+]. The number of hydrogen-bond acceptors (Lipinski definition) is 5. The van der Waals surface area contributed by atoms with Gasteiger partial charge in [-0.2, -0.15) is 7.82 Å². The predicted molar refractivity (Wildman–Crippen MR) is 31.6 cm³/mol. The van der Waals surface area contributed by atoms with E-state index in [4.69, 9.17) is 25.0 Å². The number of nitrogens with two attached hydrogens (primary N) is 1. The monoisotopic (exact) mass is 237 g/mol. The van der Waals surface area contributed by atoms with Gasteiger partial charge in [-0.1, -0.05) is 13.3 Å². The van der Waals surface area contributed by atoms with Gasteiger partial charge in [0.25, 0.3) is 0 Å². The van der Waals surface area contributed by atoms with Gasteiger partial charge in [-0.05, 0) is 13.0 Å². The van der Waals surface area contributed by atoms with E-state index < -0.39 is 7.82 Å². The summed E-state index contributed by atoms with van der Waals surface area (Å²) < 4.78 is 8.55. The Hall–Kier alpha value is 3.07. The molecule has 9 heteroatoms. The molecule has 2 N–H and O–H groups in total. The topological polar surface area (TPSA) is 112 Å². The van der Waals surface area contributed by atoms with Gasteiger partial charge >= 0.3 is 88.7 Å². The molecule has 0 rings (SSSR count). The molecule has 0 aliphatic heterocycles. The fraction of sp³-hybridized carbons (Fsp3) is 1.00. The van der Waals surface area contributed by atoms with Crippen molar-refractivity contribution in [1.82, 2.24) is 0 Å². The Balaban J connectivity index is -0.0000000267. The van der Waals surface area contributed by atoms with Gasteiger partial charge in [0.2, 0.25) is 0 Å². The third-order valence-corrected chi connectivity index (χ3v) is 0.558. The van der Waals surface area contributed by atoms with Crippen LogP contribution >= 0.6 is 7.82 Å². The second-order valence-corrected chi connectivity index (χ2v) is 2.48. The molecule has 0 atom stereocenters. The summed E-state index contributed by atoms with van der Waals surface area (Å²) in [5.74, 6) is 0. The van der Waals surface area contributed by atoms with Gasteiger partial charge in [0.1, 0.15) is 0 Å². The summed E-state index contributed by atoms with van der Waals surface area (Å²) in [5, 5.41) is 0. The minimum atomic E-state index is -5.39. The van der Waals surface area contributed by atoms with Crippen LogP contribution in [0, 0.1) is 0 Å². The van der Waals surface area contributed by atoms with Crippen LogP contribution in [0.3, 0.4) is 0 Å². The minimum Gasteiger partial charge on any atom is -0.822 e.